The van der Waals surface area contributed by atoms with Crippen molar-refractivity contribution < 1.29 is 0 Å². The molecule has 0 saturated heterocycles. The van der Waals surface area contributed by atoms with Gasteiger partial charge in [-0.15, -0.1) is 0 Å². The zero-order valence-corrected chi connectivity index (χ0v) is 11.0. The fourth-order valence-corrected chi connectivity index (χ4v) is 1.96. The third-order valence-electron chi connectivity index (χ3n) is 3.44. The van der Waals surface area contributed by atoms with E-state index in [9.17, 15) is 0 Å². The van der Waals surface area contributed by atoms with Crippen LogP contribution in [0.4, 0.5) is 0 Å². The van der Waals surface area contributed by atoms with Gasteiger partial charge in [-0.05, 0) is 24.5 Å². The Labute approximate surface area is 102 Å². The molecule has 90 valence electrons. The molecule has 2 heterocycles. The number of hydrogen-bond donors (Lipinski definition) is 0. The zero-order chi connectivity index (χ0) is 12.5. The van der Waals surface area contributed by atoms with Gasteiger partial charge in [0.05, 0.1) is 5.69 Å². The maximum Gasteiger partial charge on any atom is 0.178 e. The molecular formula is C14H19N3. The molecule has 0 atom stereocenters. The number of rotatable bonds is 3. The molecule has 2 aromatic rings. The van der Waals surface area contributed by atoms with Crippen LogP contribution in [0, 0.1) is 0 Å². The van der Waals surface area contributed by atoms with Crippen LogP contribution >= 0.6 is 0 Å². The van der Waals surface area contributed by atoms with Gasteiger partial charge in [0, 0.05) is 17.8 Å². The van der Waals surface area contributed by atoms with Crippen molar-refractivity contribution in [2.24, 2.45) is 0 Å². The summed E-state index contributed by atoms with van der Waals surface area (Å²) in [6.07, 6.45) is 5.47. The largest absolute Gasteiger partial charge is 0.251 e. The molecule has 17 heavy (non-hydrogen) atoms. The fourth-order valence-electron chi connectivity index (χ4n) is 1.96. The van der Waals surface area contributed by atoms with Crippen LogP contribution in [0.2, 0.25) is 0 Å². The summed E-state index contributed by atoms with van der Waals surface area (Å²) in [5, 5.41) is 0. The summed E-state index contributed by atoms with van der Waals surface area (Å²) in [6, 6.07) is 2.13. The number of fused-ring (bicyclic) bond motifs is 1. The third kappa shape index (κ3) is 2.14. The van der Waals surface area contributed by atoms with E-state index in [1.54, 1.807) is 12.4 Å². The summed E-state index contributed by atoms with van der Waals surface area (Å²) in [4.78, 5) is 13.3. The van der Waals surface area contributed by atoms with Crippen molar-refractivity contribution in [1.29, 1.82) is 0 Å². The number of aromatic nitrogens is 3. The predicted octanol–water partition coefficient (Wildman–Crippen LogP) is 3.27. The number of aryl methyl sites for hydroxylation is 1. The van der Waals surface area contributed by atoms with E-state index in [2.05, 4.69) is 43.7 Å². The van der Waals surface area contributed by atoms with Crippen molar-refractivity contribution in [3.8, 4) is 0 Å². The average molecular weight is 229 g/mol. The molecule has 0 bridgehead atoms. The van der Waals surface area contributed by atoms with Crippen LogP contribution in [0.1, 0.15) is 45.4 Å². The Morgan fingerprint density at radius 2 is 1.82 bits per heavy atom. The molecule has 0 N–H and O–H groups in total. The first-order valence-corrected chi connectivity index (χ1v) is 6.19. The summed E-state index contributed by atoms with van der Waals surface area (Å²) in [6.45, 7) is 8.82. The van der Waals surface area contributed by atoms with E-state index in [1.165, 1.54) is 5.56 Å². The van der Waals surface area contributed by atoms with E-state index in [4.69, 9.17) is 4.98 Å². The lowest BCUT2D eigenvalue weighted by atomic mass is 9.83. The topological polar surface area (TPSA) is 38.7 Å². The van der Waals surface area contributed by atoms with Gasteiger partial charge in [-0.1, -0.05) is 27.7 Å². The van der Waals surface area contributed by atoms with Crippen LogP contribution in [0.3, 0.4) is 0 Å². The van der Waals surface area contributed by atoms with Gasteiger partial charge in [-0.25, -0.2) is 9.97 Å². The van der Waals surface area contributed by atoms with Gasteiger partial charge < -0.3 is 0 Å². The Morgan fingerprint density at radius 3 is 2.47 bits per heavy atom. The molecule has 3 nitrogen and oxygen atoms in total. The molecule has 0 unspecified atom stereocenters. The van der Waals surface area contributed by atoms with Crippen LogP contribution in [0.5, 0.6) is 0 Å². The van der Waals surface area contributed by atoms with Gasteiger partial charge in [0.15, 0.2) is 5.65 Å². The summed E-state index contributed by atoms with van der Waals surface area (Å²) in [5.74, 6) is 0. The van der Waals surface area contributed by atoms with Crippen molar-refractivity contribution in [2.75, 3.05) is 0 Å². The second-order valence-electron chi connectivity index (χ2n) is 4.99. The van der Waals surface area contributed by atoms with E-state index < -0.39 is 0 Å². The fraction of sp³-hybridized carbons (Fsp3) is 0.500. The van der Waals surface area contributed by atoms with Crippen LogP contribution in [-0.4, -0.2) is 15.0 Å². The molecular weight excluding hydrogens is 210 g/mol. The predicted molar refractivity (Wildman–Crippen MR) is 70.0 cm³/mol. The molecule has 2 aromatic heterocycles. The van der Waals surface area contributed by atoms with Crippen LogP contribution in [-0.2, 0) is 11.8 Å². The van der Waals surface area contributed by atoms with Gasteiger partial charge in [-0.3, -0.25) is 4.98 Å². The molecule has 0 aromatic carbocycles. The molecule has 0 aliphatic carbocycles. The maximum absolute atomic E-state index is 4.71. The minimum atomic E-state index is 0.0943. The second kappa shape index (κ2) is 4.40. The first kappa shape index (κ1) is 12.0. The Hall–Kier alpha value is -1.51. The highest BCUT2D eigenvalue weighted by Gasteiger charge is 2.23. The minimum absolute atomic E-state index is 0.0943. The van der Waals surface area contributed by atoms with E-state index in [0.717, 1.165) is 29.7 Å². The van der Waals surface area contributed by atoms with Crippen molar-refractivity contribution in [1.82, 2.24) is 15.0 Å². The van der Waals surface area contributed by atoms with Crippen molar-refractivity contribution in [3.05, 3.63) is 29.7 Å². The van der Waals surface area contributed by atoms with Crippen LogP contribution < -0.4 is 0 Å². The standard InChI is InChI=1S/C14H19N3/c1-5-10-9-11-13(16-8-7-15-11)17-12(10)14(3,4)6-2/h7-9H,5-6H2,1-4H3. The van der Waals surface area contributed by atoms with E-state index in [0.29, 0.717) is 0 Å². The Kier molecular flexibility index (Phi) is 3.09. The highest BCUT2D eigenvalue weighted by Crippen LogP contribution is 2.29. The van der Waals surface area contributed by atoms with E-state index in [-0.39, 0.29) is 5.41 Å². The lowest BCUT2D eigenvalue weighted by Crippen LogP contribution is -2.20. The van der Waals surface area contributed by atoms with Gasteiger partial charge in [0.25, 0.3) is 0 Å². The molecule has 3 heteroatoms. The first-order chi connectivity index (χ1) is 8.08. The highest BCUT2D eigenvalue weighted by atomic mass is 14.9. The summed E-state index contributed by atoms with van der Waals surface area (Å²) in [7, 11) is 0. The quantitative estimate of drug-likeness (QED) is 0.810. The van der Waals surface area contributed by atoms with Crippen molar-refractivity contribution in [2.45, 2.75) is 46.0 Å². The van der Waals surface area contributed by atoms with Gasteiger partial charge >= 0.3 is 0 Å². The number of hydrogen-bond acceptors (Lipinski definition) is 3. The maximum atomic E-state index is 4.71. The number of pyridine rings is 1. The molecule has 0 aliphatic rings. The molecule has 0 aliphatic heterocycles. The molecule has 0 spiro atoms. The Balaban J connectivity index is 2.69. The lowest BCUT2D eigenvalue weighted by Gasteiger charge is -2.24. The number of nitrogens with zero attached hydrogens (tertiary/aromatic N) is 3. The SMILES string of the molecule is CCc1cc2nccnc2nc1C(C)(C)CC. The van der Waals surface area contributed by atoms with Gasteiger partial charge in [0.2, 0.25) is 0 Å². The lowest BCUT2D eigenvalue weighted by molar-refractivity contribution is 0.486. The summed E-state index contributed by atoms with van der Waals surface area (Å²) >= 11 is 0. The highest BCUT2D eigenvalue weighted by molar-refractivity contribution is 5.70. The second-order valence-corrected chi connectivity index (χ2v) is 4.99. The molecule has 0 amide bonds. The Bertz CT molecular complexity index is 532. The first-order valence-electron chi connectivity index (χ1n) is 6.19. The average Bonchev–Trinajstić information content (AvgIpc) is 2.37. The molecule has 0 fully saturated rings. The van der Waals surface area contributed by atoms with Gasteiger partial charge in [-0.2, -0.15) is 0 Å². The van der Waals surface area contributed by atoms with E-state index in [1.807, 2.05) is 0 Å². The molecule has 0 radical (unpaired) electrons. The Morgan fingerprint density at radius 1 is 1.12 bits per heavy atom. The summed E-state index contributed by atoms with van der Waals surface area (Å²) < 4.78 is 0. The van der Waals surface area contributed by atoms with Crippen molar-refractivity contribution >= 4 is 11.2 Å². The molecule has 0 saturated carbocycles. The van der Waals surface area contributed by atoms with Gasteiger partial charge in [0.1, 0.15) is 5.52 Å². The van der Waals surface area contributed by atoms with Crippen LogP contribution in [0.25, 0.3) is 11.2 Å². The van der Waals surface area contributed by atoms with E-state index >= 15 is 0 Å². The molecule has 2 rings (SSSR count). The normalized spacial score (nSPS) is 12.0. The van der Waals surface area contributed by atoms with Crippen molar-refractivity contribution in [3.63, 3.8) is 0 Å². The monoisotopic (exact) mass is 229 g/mol. The third-order valence-corrected chi connectivity index (χ3v) is 3.44. The van der Waals surface area contributed by atoms with Crippen LogP contribution in [0.15, 0.2) is 18.5 Å². The zero-order valence-electron chi connectivity index (χ0n) is 11.0. The smallest absolute Gasteiger partial charge is 0.178 e. The minimum Gasteiger partial charge on any atom is -0.251 e. The summed E-state index contributed by atoms with van der Waals surface area (Å²) in [5.41, 5.74) is 4.18.